The summed E-state index contributed by atoms with van der Waals surface area (Å²) in [6, 6.07) is 11.7. The van der Waals surface area contributed by atoms with Crippen molar-refractivity contribution in [3.05, 3.63) is 90.4 Å². The quantitative estimate of drug-likeness (QED) is 0.229. The van der Waals surface area contributed by atoms with Gasteiger partial charge in [-0.25, -0.2) is 14.6 Å². The molecule has 1 saturated heterocycles. The number of allylic oxidation sites excluding steroid dienone is 2. The maximum atomic E-state index is 14.9. The predicted octanol–water partition coefficient (Wildman–Crippen LogP) is 2.66. The topological polar surface area (TPSA) is 126 Å². The number of hydrazine groups is 1. The van der Waals surface area contributed by atoms with Crippen molar-refractivity contribution in [2.75, 3.05) is 18.0 Å². The number of rotatable bonds is 10. The first-order valence-electron chi connectivity index (χ1n) is 11.2. The van der Waals surface area contributed by atoms with Crippen LogP contribution in [0.5, 0.6) is 0 Å². The van der Waals surface area contributed by atoms with Crippen LogP contribution in [-0.4, -0.2) is 37.1 Å². The van der Waals surface area contributed by atoms with Crippen LogP contribution in [0, 0.1) is 5.82 Å². The van der Waals surface area contributed by atoms with Crippen LogP contribution in [0.1, 0.15) is 12.5 Å². The van der Waals surface area contributed by atoms with E-state index in [1.165, 1.54) is 42.3 Å². The number of hydrogen-bond donors (Lipinski definition) is 4. The second-order valence-corrected chi connectivity index (χ2v) is 7.94. The van der Waals surface area contributed by atoms with Gasteiger partial charge in [-0.15, -0.1) is 0 Å². The molecule has 0 radical (unpaired) electrons. The number of cyclic esters (lactones) is 1. The highest BCUT2D eigenvalue weighted by Crippen LogP contribution is 2.29. The Balaban J connectivity index is 1.60. The van der Waals surface area contributed by atoms with E-state index in [0.717, 1.165) is 5.56 Å². The van der Waals surface area contributed by atoms with E-state index in [2.05, 4.69) is 22.7 Å². The van der Waals surface area contributed by atoms with Gasteiger partial charge in [0.2, 0.25) is 5.91 Å². The maximum Gasteiger partial charge on any atom is 0.414 e. The Bertz CT molecular complexity index is 1190. The largest absolute Gasteiger partial charge is 0.442 e. The van der Waals surface area contributed by atoms with E-state index in [4.69, 9.17) is 10.5 Å². The van der Waals surface area contributed by atoms with Gasteiger partial charge in [-0.1, -0.05) is 36.9 Å². The van der Waals surface area contributed by atoms with E-state index >= 15 is 0 Å². The Morgan fingerprint density at radius 2 is 2.00 bits per heavy atom. The number of halogens is 1. The smallest absolute Gasteiger partial charge is 0.414 e. The highest BCUT2D eigenvalue weighted by Gasteiger charge is 2.32. The average Bonchev–Trinajstić information content (AvgIpc) is 3.23. The summed E-state index contributed by atoms with van der Waals surface area (Å²) in [7, 11) is 0. The number of carbonyl (C=O) groups is 3. The molecule has 36 heavy (non-hydrogen) atoms. The lowest BCUT2D eigenvalue weighted by atomic mass is 10.0. The Morgan fingerprint density at radius 1 is 1.25 bits per heavy atom. The van der Waals surface area contributed by atoms with E-state index in [9.17, 15) is 18.8 Å². The van der Waals surface area contributed by atoms with Crippen LogP contribution in [0.3, 0.4) is 0 Å². The molecule has 9 nitrogen and oxygen atoms in total. The maximum absolute atomic E-state index is 14.9. The third-order valence-electron chi connectivity index (χ3n) is 5.31. The van der Waals surface area contributed by atoms with Gasteiger partial charge in [-0.3, -0.25) is 19.9 Å². The molecule has 0 bridgehead atoms. The first-order valence-corrected chi connectivity index (χ1v) is 11.2. The zero-order valence-corrected chi connectivity index (χ0v) is 19.8. The van der Waals surface area contributed by atoms with Crippen molar-refractivity contribution in [3.63, 3.8) is 0 Å². The van der Waals surface area contributed by atoms with Crippen molar-refractivity contribution in [1.29, 1.82) is 0 Å². The van der Waals surface area contributed by atoms with Crippen LogP contribution >= 0.6 is 0 Å². The van der Waals surface area contributed by atoms with Crippen LogP contribution in [-0.2, 0) is 20.9 Å². The zero-order chi connectivity index (χ0) is 26.1. The van der Waals surface area contributed by atoms with Gasteiger partial charge in [0, 0.05) is 24.6 Å². The first kappa shape index (κ1) is 26.2. The number of benzene rings is 2. The van der Waals surface area contributed by atoms with Crippen LogP contribution in [0.25, 0.3) is 11.1 Å². The molecule has 1 aliphatic heterocycles. The third-order valence-corrected chi connectivity index (χ3v) is 5.31. The van der Waals surface area contributed by atoms with Gasteiger partial charge < -0.3 is 15.8 Å². The molecule has 0 aliphatic carbocycles. The lowest BCUT2D eigenvalue weighted by molar-refractivity contribution is -0.119. The number of carbonyl (C=O) groups excluding carboxylic acids is 3. The van der Waals surface area contributed by atoms with Crippen LogP contribution in [0.2, 0.25) is 0 Å². The molecule has 1 aliphatic rings. The van der Waals surface area contributed by atoms with Crippen LogP contribution < -0.4 is 26.8 Å². The van der Waals surface area contributed by atoms with Gasteiger partial charge >= 0.3 is 6.09 Å². The van der Waals surface area contributed by atoms with E-state index in [0.29, 0.717) is 28.9 Å². The zero-order valence-electron chi connectivity index (χ0n) is 19.8. The molecule has 10 heteroatoms. The minimum Gasteiger partial charge on any atom is -0.442 e. The SMILES string of the molecule is C=C/C=C(\C=C/N)C(=O)NNCc1ccc(-c2ccc(N3C[C@H](CNC(C)=O)OC3=O)cc2F)cc1. The van der Waals surface area contributed by atoms with Gasteiger partial charge in [0.1, 0.15) is 11.9 Å². The summed E-state index contributed by atoms with van der Waals surface area (Å²) in [6.07, 6.45) is 4.65. The summed E-state index contributed by atoms with van der Waals surface area (Å²) in [6.45, 7) is 5.69. The number of hydrogen-bond acceptors (Lipinski definition) is 6. The summed E-state index contributed by atoms with van der Waals surface area (Å²) >= 11 is 0. The standard InChI is InChI=1S/C26H28FN5O4/c1-3-4-20(11-12-28)25(34)31-30-14-18-5-7-19(8-6-18)23-10-9-21(13-24(23)27)32-16-22(36-26(32)35)15-29-17(2)33/h3-13,22,30H,1,14-16,28H2,2H3,(H,29,33)(H,31,34)/b12-11-,20-4+/t22-/m0/s1. The monoisotopic (exact) mass is 493 g/mol. The van der Waals surface area contributed by atoms with Gasteiger partial charge in [0.25, 0.3) is 5.91 Å². The van der Waals surface area contributed by atoms with Crippen molar-refractivity contribution in [1.82, 2.24) is 16.2 Å². The Hall–Kier alpha value is -4.44. The molecule has 3 rings (SSSR count). The lowest BCUT2D eigenvalue weighted by Crippen LogP contribution is -2.37. The number of nitrogens with two attached hydrogens (primary N) is 1. The molecule has 0 unspecified atom stereocenters. The predicted molar refractivity (Wildman–Crippen MR) is 135 cm³/mol. The number of nitrogens with zero attached hydrogens (tertiary/aromatic N) is 1. The molecule has 0 saturated carbocycles. The molecule has 1 heterocycles. The first-order chi connectivity index (χ1) is 17.3. The highest BCUT2D eigenvalue weighted by molar-refractivity contribution is 5.96. The normalized spacial score (nSPS) is 15.6. The van der Waals surface area contributed by atoms with Crippen molar-refractivity contribution in [2.24, 2.45) is 5.73 Å². The highest BCUT2D eigenvalue weighted by atomic mass is 19.1. The molecule has 1 fully saturated rings. The molecule has 2 aromatic rings. The molecule has 1 atom stereocenters. The molecule has 188 valence electrons. The van der Waals surface area contributed by atoms with Crippen molar-refractivity contribution < 1.29 is 23.5 Å². The number of anilines is 1. The van der Waals surface area contributed by atoms with E-state index in [-0.39, 0.29) is 24.9 Å². The van der Waals surface area contributed by atoms with Gasteiger partial charge in [0.05, 0.1) is 18.8 Å². The molecule has 3 amide bonds. The Kier molecular flexibility index (Phi) is 8.95. The fourth-order valence-corrected chi connectivity index (χ4v) is 3.54. The summed E-state index contributed by atoms with van der Waals surface area (Å²) in [5, 5.41) is 2.60. The minimum absolute atomic E-state index is 0.195. The molecule has 5 N–H and O–H groups in total. The summed E-state index contributed by atoms with van der Waals surface area (Å²) in [4.78, 5) is 36.7. The van der Waals surface area contributed by atoms with Gasteiger partial charge in [0.15, 0.2) is 0 Å². The molecule has 0 spiro atoms. The second kappa shape index (κ2) is 12.3. The lowest BCUT2D eigenvalue weighted by Gasteiger charge is -2.15. The summed E-state index contributed by atoms with van der Waals surface area (Å²) in [5.41, 5.74) is 13.4. The molecular weight excluding hydrogens is 465 g/mol. The Morgan fingerprint density at radius 3 is 2.64 bits per heavy atom. The number of amides is 3. The van der Waals surface area contributed by atoms with Crippen LogP contribution in [0.4, 0.5) is 14.9 Å². The number of nitrogens with one attached hydrogen (secondary N) is 3. The second-order valence-electron chi connectivity index (χ2n) is 7.94. The number of ether oxygens (including phenoxy) is 1. The molecule has 0 aromatic heterocycles. The fourth-order valence-electron chi connectivity index (χ4n) is 3.54. The van der Waals surface area contributed by atoms with E-state index in [1.807, 2.05) is 12.1 Å². The van der Waals surface area contributed by atoms with Crippen LogP contribution in [0.15, 0.2) is 79.0 Å². The average molecular weight is 494 g/mol. The van der Waals surface area contributed by atoms with Crippen molar-refractivity contribution in [2.45, 2.75) is 19.6 Å². The van der Waals surface area contributed by atoms with Crippen molar-refractivity contribution >= 4 is 23.6 Å². The van der Waals surface area contributed by atoms with E-state index < -0.39 is 18.0 Å². The summed E-state index contributed by atoms with van der Waals surface area (Å²) in [5.74, 6) is -1.07. The van der Waals surface area contributed by atoms with Gasteiger partial charge in [-0.2, -0.15) is 0 Å². The third kappa shape index (κ3) is 6.80. The van der Waals surface area contributed by atoms with E-state index in [1.54, 1.807) is 24.3 Å². The summed E-state index contributed by atoms with van der Waals surface area (Å²) < 4.78 is 20.2. The molecular formula is C26H28FN5O4. The van der Waals surface area contributed by atoms with Gasteiger partial charge in [-0.05, 0) is 47.7 Å². The minimum atomic E-state index is -0.590. The molecule has 2 aromatic carbocycles. The Labute approximate surface area is 208 Å². The van der Waals surface area contributed by atoms with Crippen molar-refractivity contribution in [3.8, 4) is 11.1 Å². The fraction of sp³-hybridized carbons (Fsp3) is 0.192.